The van der Waals surface area contributed by atoms with E-state index in [9.17, 15) is 4.79 Å². The van der Waals surface area contributed by atoms with Crippen molar-refractivity contribution in [2.45, 2.75) is 13.2 Å². The van der Waals surface area contributed by atoms with E-state index in [0.717, 1.165) is 11.1 Å². The number of anilines is 1. The molecule has 0 aliphatic carbocycles. The number of benzene rings is 2. The molecule has 0 saturated carbocycles. The lowest BCUT2D eigenvalue weighted by Gasteiger charge is -2.20. The van der Waals surface area contributed by atoms with E-state index in [1.54, 1.807) is 22.9 Å². The minimum Gasteiger partial charge on any atom is -0.473 e. The molecule has 2 amide bonds. The fraction of sp³-hybridized carbons (Fsp3) is 0.217. The summed E-state index contributed by atoms with van der Waals surface area (Å²) in [5.41, 5.74) is 2.74. The summed E-state index contributed by atoms with van der Waals surface area (Å²) >= 11 is 0. The molecular formula is C23H23N3O3. The van der Waals surface area contributed by atoms with Gasteiger partial charge in [-0.15, -0.1) is 0 Å². The first-order chi connectivity index (χ1) is 14.2. The summed E-state index contributed by atoms with van der Waals surface area (Å²) in [6.07, 6.45) is 0. The maximum atomic E-state index is 12.5. The van der Waals surface area contributed by atoms with Crippen LogP contribution in [-0.4, -0.2) is 36.1 Å². The van der Waals surface area contributed by atoms with Crippen LogP contribution in [0.15, 0.2) is 72.8 Å². The second kappa shape index (κ2) is 8.65. The average molecular weight is 389 g/mol. The highest BCUT2D eigenvalue weighted by Crippen LogP contribution is 2.32. The van der Waals surface area contributed by atoms with Crippen molar-refractivity contribution >= 4 is 11.7 Å². The van der Waals surface area contributed by atoms with Gasteiger partial charge in [-0.2, -0.15) is 4.98 Å². The van der Waals surface area contributed by atoms with Gasteiger partial charge in [0.25, 0.3) is 0 Å². The summed E-state index contributed by atoms with van der Waals surface area (Å²) in [6.45, 7) is 2.05. The molecule has 6 heteroatoms. The van der Waals surface area contributed by atoms with Crippen molar-refractivity contribution in [2.24, 2.45) is 0 Å². The molecule has 6 nitrogen and oxygen atoms in total. The van der Waals surface area contributed by atoms with Crippen LogP contribution in [0.4, 0.5) is 10.5 Å². The van der Waals surface area contributed by atoms with Crippen LogP contribution in [0.1, 0.15) is 11.1 Å². The fourth-order valence-corrected chi connectivity index (χ4v) is 3.14. The van der Waals surface area contributed by atoms with E-state index in [1.165, 1.54) is 0 Å². The van der Waals surface area contributed by atoms with Crippen molar-refractivity contribution < 1.29 is 14.3 Å². The predicted octanol–water partition coefficient (Wildman–Crippen LogP) is 4.11. The number of likely N-dealkylation sites (N-methyl/N-ethyl adjacent to an activating group) is 1. The van der Waals surface area contributed by atoms with Crippen LogP contribution < -0.4 is 14.4 Å². The number of rotatable bonds is 7. The second-order valence-corrected chi connectivity index (χ2v) is 6.88. The average Bonchev–Trinajstić information content (AvgIpc) is 3.10. The number of aromatic nitrogens is 1. The van der Waals surface area contributed by atoms with Crippen LogP contribution in [0, 0.1) is 0 Å². The van der Waals surface area contributed by atoms with Crippen molar-refractivity contribution in [3.8, 4) is 11.8 Å². The molecule has 0 radical (unpaired) electrons. The lowest BCUT2D eigenvalue weighted by Crippen LogP contribution is -2.29. The molecule has 0 bridgehead atoms. The fourth-order valence-electron chi connectivity index (χ4n) is 3.14. The summed E-state index contributed by atoms with van der Waals surface area (Å²) in [7, 11) is 1.79. The highest BCUT2D eigenvalue weighted by Gasteiger charge is 2.29. The van der Waals surface area contributed by atoms with Crippen LogP contribution in [0.2, 0.25) is 0 Å². The number of nitrogens with zero attached hydrogens (tertiary/aromatic N) is 3. The Hall–Kier alpha value is -3.54. The Morgan fingerprint density at radius 1 is 0.828 bits per heavy atom. The molecule has 1 aromatic heterocycles. The maximum Gasteiger partial charge on any atom is 0.324 e. The topological polar surface area (TPSA) is 54.9 Å². The SMILES string of the molecule is CN1CCN(c2ccc(OCc3ccccc3)nc2OCc2ccccc2)C1=O. The molecule has 29 heavy (non-hydrogen) atoms. The van der Waals surface area contributed by atoms with Crippen LogP contribution in [0.5, 0.6) is 11.8 Å². The third-order valence-corrected chi connectivity index (χ3v) is 4.77. The first kappa shape index (κ1) is 18.8. The number of urea groups is 1. The summed E-state index contributed by atoms with van der Waals surface area (Å²) in [4.78, 5) is 20.4. The van der Waals surface area contributed by atoms with Gasteiger partial charge in [-0.3, -0.25) is 4.90 Å². The van der Waals surface area contributed by atoms with Gasteiger partial charge in [-0.25, -0.2) is 4.79 Å². The highest BCUT2D eigenvalue weighted by molar-refractivity contribution is 5.95. The van der Waals surface area contributed by atoms with E-state index in [-0.39, 0.29) is 6.03 Å². The van der Waals surface area contributed by atoms with E-state index >= 15 is 0 Å². The minimum atomic E-state index is -0.0608. The van der Waals surface area contributed by atoms with Gasteiger partial charge in [0.1, 0.15) is 18.9 Å². The molecule has 4 rings (SSSR count). The monoisotopic (exact) mass is 389 g/mol. The largest absolute Gasteiger partial charge is 0.473 e. The number of amides is 2. The van der Waals surface area contributed by atoms with Crippen molar-refractivity contribution in [3.05, 3.63) is 83.9 Å². The van der Waals surface area contributed by atoms with E-state index in [2.05, 4.69) is 4.98 Å². The van der Waals surface area contributed by atoms with Crippen LogP contribution in [0.3, 0.4) is 0 Å². The lowest BCUT2D eigenvalue weighted by molar-refractivity contribution is 0.228. The van der Waals surface area contributed by atoms with Gasteiger partial charge in [-0.1, -0.05) is 60.7 Å². The molecule has 2 aromatic carbocycles. The standard InChI is InChI=1S/C23H23N3O3/c1-25-14-15-26(23(25)27)20-12-13-21(28-16-18-8-4-2-5-9-18)24-22(20)29-17-19-10-6-3-7-11-19/h2-13H,14-17H2,1H3. The number of carbonyl (C=O) groups is 1. The van der Waals surface area contributed by atoms with Crippen molar-refractivity contribution in [1.29, 1.82) is 0 Å². The Bertz CT molecular complexity index is 964. The maximum absolute atomic E-state index is 12.5. The Kier molecular flexibility index (Phi) is 5.61. The lowest BCUT2D eigenvalue weighted by atomic mass is 10.2. The molecule has 1 aliphatic rings. The zero-order valence-corrected chi connectivity index (χ0v) is 16.3. The van der Waals surface area contributed by atoms with Gasteiger partial charge in [0.05, 0.1) is 0 Å². The third kappa shape index (κ3) is 4.48. The Morgan fingerprint density at radius 3 is 2.03 bits per heavy atom. The van der Waals surface area contributed by atoms with E-state index in [1.807, 2.05) is 66.7 Å². The summed E-state index contributed by atoms with van der Waals surface area (Å²) < 4.78 is 11.9. The van der Waals surface area contributed by atoms with Gasteiger partial charge < -0.3 is 14.4 Å². The number of hydrogen-bond donors (Lipinski definition) is 0. The van der Waals surface area contributed by atoms with Crippen LogP contribution in [0.25, 0.3) is 0 Å². The number of hydrogen-bond acceptors (Lipinski definition) is 4. The van der Waals surface area contributed by atoms with E-state index < -0.39 is 0 Å². The molecule has 1 aliphatic heterocycles. The minimum absolute atomic E-state index is 0.0608. The molecular weight excluding hydrogens is 366 g/mol. The molecule has 148 valence electrons. The molecule has 0 unspecified atom stereocenters. The zero-order chi connectivity index (χ0) is 20.1. The van der Waals surface area contributed by atoms with Gasteiger partial charge in [0.2, 0.25) is 11.8 Å². The molecule has 0 atom stereocenters. The van der Waals surface area contributed by atoms with Crippen molar-refractivity contribution in [2.75, 3.05) is 25.0 Å². The molecule has 1 saturated heterocycles. The summed E-state index contributed by atoms with van der Waals surface area (Å²) in [5.74, 6) is 0.851. The smallest absolute Gasteiger partial charge is 0.324 e. The van der Waals surface area contributed by atoms with E-state index in [0.29, 0.717) is 43.8 Å². The summed E-state index contributed by atoms with van der Waals surface area (Å²) in [5, 5.41) is 0. The number of ether oxygens (including phenoxy) is 2. The van der Waals surface area contributed by atoms with Crippen LogP contribution in [-0.2, 0) is 13.2 Å². The number of pyridine rings is 1. The molecule has 0 N–H and O–H groups in total. The predicted molar refractivity (Wildman–Crippen MR) is 111 cm³/mol. The van der Waals surface area contributed by atoms with Crippen LogP contribution >= 0.6 is 0 Å². The zero-order valence-electron chi connectivity index (χ0n) is 16.3. The quantitative estimate of drug-likeness (QED) is 0.610. The van der Waals surface area contributed by atoms with Gasteiger partial charge in [0, 0.05) is 26.2 Å². The first-order valence-corrected chi connectivity index (χ1v) is 9.58. The Morgan fingerprint density at radius 2 is 1.45 bits per heavy atom. The molecule has 0 spiro atoms. The van der Waals surface area contributed by atoms with Crippen molar-refractivity contribution in [3.63, 3.8) is 0 Å². The Labute approximate surface area is 170 Å². The van der Waals surface area contributed by atoms with E-state index in [4.69, 9.17) is 9.47 Å². The van der Waals surface area contributed by atoms with Gasteiger partial charge in [0.15, 0.2) is 0 Å². The third-order valence-electron chi connectivity index (χ3n) is 4.77. The Balaban J connectivity index is 1.55. The first-order valence-electron chi connectivity index (χ1n) is 9.58. The van der Waals surface area contributed by atoms with Gasteiger partial charge >= 0.3 is 6.03 Å². The molecule has 3 aromatic rings. The number of carbonyl (C=O) groups excluding carboxylic acids is 1. The summed E-state index contributed by atoms with van der Waals surface area (Å²) in [6, 6.07) is 23.3. The van der Waals surface area contributed by atoms with Gasteiger partial charge in [-0.05, 0) is 17.2 Å². The molecule has 1 fully saturated rings. The second-order valence-electron chi connectivity index (χ2n) is 6.88. The molecule has 2 heterocycles. The normalized spacial score (nSPS) is 13.6. The van der Waals surface area contributed by atoms with Crippen molar-refractivity contribution in [1.82, 2.24) is 9.88 Å². The highest BCUT2D eigenvalue weighted by atomic mass is 16.5.